The summed E-state index contributed by atoms with van der Waals surface area (Å²) in [6, 6.07) is 7.68. The minimum atomic E-state index is -1.01. The first kappa shape index (κ1) is 17.8. The van der Waals surface area contributed by atoms with Gasteiger partial charge < -0.3 is 19.5 Å². The van der Waals surface area contributed by atoms with Crippen LogP contribution in [0.4, 0.5) is 0 Å². The summed E-state index contributed by atoms with van der Waals surface area (Å²) in [5.41, 5.74) is 2.38. The van der Waals surface area contributed by atoms with Gasteiger partial charge in [-0.15, -0.1) is 0 Å². The Bertz CT molecular complexity index is 984. The van der Waals surface area contributed by atoms with Crippen LogP contribution in [-0.4, -0.2) is 43.2 Å². The van der Waals surface area contributed by atoms with Crippen LogP contribution in [0.2, 0.25) is 0 Å². The number of nitrogens with zero attached hydrogens (tertiary/aromatic N) is 3. The van der Waals surface area contributed by atoms with E-state index < -0.39 is 5.97 Å². The zero-order valence-corrected chi connectivity index (χ0v) is 14.9. The molecule has 0 saturated heterocycles. The summed E-state index contributed by atoms with van der Waals surface area (Å²) >= 11 is 0. The van der Waals surface area contributed by atoms with Crippen molar-refractivity contribution >= 4 is 22.9 Å². The van der Waals surface area contributed by atoms with Crippen LogP contribution in [-0.2, 0) is 11.8 Å². The number of aliphatic carboxylic acids is 1. The van der Waals surface area contributed by atoms with E-state index in [-0.39, 0.29) is 12.7 Å². The van der Waals surface area contributed by atoms with Crippen LogP contribution in [0.5, 0.6) is 5.75 Å². The van der Waals surface area contributed by atoms with Crippen molar-refractivity contribution in [2.45, 2.75) is 20.0 Å². The monoisotopic (exact) mass is 355 g/mol. The molecule has 2 aromatic heterocycles. The van der Waals surface area contributed by atoms with Crippen molar-refractivity contribution in [1.29, 1.82) is 0 Å². The van der Waals surface area contributed by atoms with Gasteiger partial charge in [0.05, 0.1) is 17.8 Å². The van der Waals surface area contributed by atoms with Gasteiger partial charge in [0, 0.05) is 36.3 Å². The molecule has 1 unspecified atom stereocenters. The molecule has 3 aromatic rings. The second-order valence-corrected chi connectivity index (χ2v) is 6.14. The molecule has 1 aromatic carbocycles. The van der Waals surface area contributed by atoms with Crippen LogP contribution in [0, 0.1) is 6.92 Å². The summed E-state index contributed by atoms with van der Waals surface area (Å²) in [5.74, 6) is 0.410. The molecule has 0 bridgehead atoms. The average Bonchev–Trinajstić information content (AvgIpc) is 3.12. The van der Waals surface area contributed by atoms with E-state index in [1.165, 1.54) is 0 Å². The first-order valence-corrected chi connectivity index (χ1v) is 8.24. The third-order valence-corrected chi connectivity index (χ3v) is 4.12. The van der Waals surface area contributed by atoms with Crippen LogP contribution in [0.25, 0.3) is 22.8 Å². The normalized spacial score (nSPS) is 12.8. The number of fused-ring (bicyclic) bond motifs is 1. The second-order valence-electron chi connectivity index (χ2n) is 6.14. The molecule has 0 aliphatic carbocycles. The molecule has 2 N–H and O–H groups in total. The van der Waals surface area contributed by atoms with Crippen molar-refractivity contribution in [2.24, 2.45) is 7.05 Å². The molecule has 0 amide bonds. The molecule has 2 heterocycles. The van der Waals surface area contributed by atoms with Crippen LogP contribution in [0.1, 0.15) is 18.2 Å². The Morgan fingerprint density at radius 2 is 2.15 bits per heavy atom. The molecule has 0 saturated carbocycles. The number of aromatic nitrogens is 3. The third-order valence-electron chi connectivity index (χ3n) is 4.12. The Morgan fingerprint density at radius 3 is 2.85 bits per heavy atom. The highest BCUT2D eigenvalue weighted by molar-refractivity contribution is 5.87. The first-order valence-electron chi connectivity index (χ1n) is 8.24. The number of benzene rings is 1. The topological polar surface area (TPSA) is 89.5 Å². The van der Waals surface area contributed by atoms with Crippen molar-refractivity contribution in [3.05, 3.63) is 47.8 Å². The Hall–Kier alpha value is -3.06. The van der Waals surface area contributed by atoms with E-state index in [9.17, 15) is 9.90 Å². The van der Waals surface area contributed by atoms with Crippen LogP contribution >= 0.6 is 0 Å². The number of rotatable bonds is 6. The molecule has 0 fully saturated rings. The standard InChI is InChI=1S/C19H21N3O4/c1-12(11-23)26-15-5-4-14-8-9-22(17(14)10-15)19-16(6-7-18(24)25)13(2)20-21(19)3/h4-10,12,23H,11H2,1-3H3,(H,24,25)/b7-6+. The highest BCUT2D eigenvalue weighted by Gasteiger charge is 2.16. The van der Waals surface area contributed by atoms with E-state index in [1.807, 2.05) is 49.0 Å². The van der Waals surface area contributed by atoms with Crippen LogP contribution in [0.15, 0.2) is 36.5 Å². The third kappa shape index (κ3) is 3.34. The van der Waals surface area contributed by atoms with Crippen molar-refractivity contribution in [1.82, 2.24) is 14.3 Å². The summed E-state index contributed by atoms with van der Waals surface area (Å²) in [6.07, 6.45) is 4.28. The minimum absolute atomic E-state index is 0.0654. The van der Waals surface area contributed by atoms with Gasteiger partial charge in [-0.3, -0.25) is 4.68 Å². The number of aliphatic hydroxyl groups is 1. The fraction of sp³-hybridized carbons (Fsp3) is 0.263. The fourth-order valence-electron chi connectivity index (χ4n) is 2.93. The number of hydrogen-bond acceptors (Lipinski definition) is 4. The minimum Gasteiger partial charge on any atom is -0.488 e. The molecule has 7 heteroatoms. The molecule has 26 heavy (non-hydrogen) atoms. The van der Waals surface area contributed by atoms with E-state index in [0.717, 1.165) is 34.1 Å². The van der Waals surface area contributed by atoms with Crippen molar-refractivity contribution in [3.8, 4) is 11.6 Å². The van der Waals surface area contributed by atoms with E-state index in [0.29, 0.717) is 5.75 Å². The van der Waals surface area contributed by atoms with Crippen molar-refractivity contribution in [3.63, 3.8) is 0 Å². The number of ether oxygens (including phenoxy) is 1. The van der Waals surface area contributed by atoms with Gasteiger partial charge in [-0.2, -0.15) is 5.10 Å². The Balaban J connectivity index is 2.14. The number of aryl methyl sites for hydroxylation is 2. The summed E-state index contributed by atoms with van der Waals surface area (Å²) in [6.45, 7) is 3.57. The van der Waals surface area contributed by atoms with Gasteiger partial charge in [-0.25, -0.2) is 4.79 Å². The van der Waals surface area contributed by atoms with Gasteiger partial charge in [-0.05, 0) is 38.1 Å². The molecule has 136 valence electrons. The van der Waals surface area contributed by atoms with Gasteiger partial charge >= 0.3 is 5.97 Å². The molecule has 1 atom stereocenters. The fourth-order valence-corrected chi connectivity index (χ4v) is 2.93. The summed E-state index contributed by atoms with van der Waals surface area (Å²) in [4.78, 5) is 10.9. The number of carboxylic acids is 1. The Morgan fingerprint density at radius 1 is 1.38 bits per heavy atom. The lowest BCUT2D eigenvalue weighted by molar-refractivity contribution is -0.131. The molecule has 0 radical (unpaired) electrons. The maximum Gasteiger partial charge on any atom is 0.328 e. The van der Waals surface area contributed by atoms with Gasteiger partial charge in [0.25, 0.3) is 0 Å². The predicted molar refractivity (Wildman–Crippen MR) is 98.6 cm³/mol. The highest BCUT2D eigenvalue weighted by Crippen LogP contribution is 2.28. The summed E-state index contributed by atoms with van der Waals surface area (Å²) < 4.78 is 9.37. The van der Waals surface area contributed by atoms with Crippen molar-refractivity contribution in [2.75, 3.05) is 6.61 Å². The van der Waals surface area contributed by atoms with E-state index in [2.05, 4.69) is 5.10 Å². The quantitative estimate of drug-likeness (QED) is 0.663. The predicted octanol–water partition coefficient (Wildman–Crippen LogP) is 2.53. The van der Waals surface area contributed by atoms with Gasteiger partial charge in [0.2, 0.25) is 0 Å². The van der Waals surface area contributed by atoms with Gasteiger partial charge in [0.15, 0.2) is 0 Å². The maximum absolute atomic E-state index is 10.9. The lowest BCUT2D eigenvalue weighted by atomic mass is 10.2. The van der Waals surface area contributed by atoms with E-state index in [1.54, 1.807) is 17.7 Å². The largest absolute Gasteiger partial charge is 0.488 e. The van der Waals surface area contributed by atoms with Crippen LogP contribution < -0.4 is 4.74 Å². The first-order chi connectivity index (χ1) is 12.4. The lowest BCUT2D eigenvalue weighted by Crippen LogP contribution is -2.16. The number of carboxylic acid groups (broad SMARTS) is 1. The van der Waals surface area contributed by atoms with Crippen molar-refractivity contribution < 1.29 is 19.7 Å². The molecule has 0 aliphatic rings. The number of carbonyl (C=O) groups is 1. The molecule has 7 nitrogen and oxygen atoms in total. The number of aliphatic hydroxyl groups excluding tert-OH is 1. The molecule has 3 rings (SSSR count). The van der Waals surface area contributed by atoms with E-state index in [4.69, 9.17) is 9.84 Å². The molecular formula is C19H21N3O4. The van der Waals surface area contributed by atoms with Gasteiger partial charge in [0.1, 0.15) is 17.7 Å². The van der Waals surface area contributed by atoms with Gasteiger partial charge in [-0.1, -0.05) is 0 Å². The number of hydrogen-bond donors (Lipinski definition) is 2. The highest BCUT2D eigenvalue weighted by atomic mass is 16.5. The smallest absolute Gasteiger partial charge is 0.328 e. The zero-order valence-electron chi connectivity index (χ0n) is 14.9. The van der Waals surface area contributed by atoms with E-state index >= 15 is 0 Å². The Kier molecular flexibility index (Phi) is 4.81. The Labute approximate surface area is 150 Å². The SMILES string of the molecule is Cc1nn(C)c(-n2ccc3ccc(OC(C)CO)cc32)c1/C=C/C(=O)O. The van der Waals surface area contributed by atoms with Crippen LogP contribution in [0.3, 0.4) is 0 Å². The molecule has 0 aliphatic heterocycles. The lowest BCUT2D eigenvalue weighted by Gasteiger charge is -2.13. The molecular weight excluding hydrogens is 334 g/mol. The summed E-state index contributed by atoms with van der Waals surface area (Å²) in [5, 5.41) is 23.6. The maximum atomic E-state index is 10.9. The summed E-state index contributed by atoms with van der Waals surface area (Å²) in [7, 11) is 1.82. The average molecular weight is 355 g/mol. The zero-order chi connectivity index (χ0) is 18.8. The molecule has 0 spiro atoms. The second kappa shape index (κ2) is 7.05.